The molecule has 1 aromatic rings. The summed E-state index contributed by atoms with van der Waals surface area (Å²) < 4.78 is 0. The van der Waals surface area contributed by atoms with E-state index >= 15 is 0 Å². The van der Waals surface area contributed by atoms with E-state index in [-0.39, 0.29) is 0 Å². The van der Waals surface area contributed by atoms with Crippen LogP contribution in [-0.2, 0) is 0 Å². The lowest BCUT2D eigenvalue weighted by Gasteiger charge is -2.43. The van der Waals surface area contributed by atoms with Crippen molar-refractivity contribution in [2.45, 2.75) is 50.5 Å². The van der Waals surface area contributed by atoms with Gasteiger partial charge in [0.2, 0.25) is 0 Å². The molecule has 0 unspecified atom stereocenters. The fourth-order valence-electron chi connectivity index (χ4n) is 6.25. The van der Waals surface area contributed by atoms with Gasteiger partial charge in [-0.2, -0.15) is 0 Å². The average Bonchev–Trinajstić information content (AvgIpc) is 3.33. The maximum atomic E-state index is 2.82. The fraction of sp³-hybridized carbons (Fsp3) is 0.667. The number of piperazine rings is 1. The van der Waals surface area contributed by atoms with Crippen LogP contribution in [0.3, 0.4) is 0 Å². The summed E-state index contributed by atoms with van der Waals surface area (Å²) in [6.07, 6.45) is 13.5. The Hall–Kier alpha value is -1.12. The first-order chi connectivity index (χ1) is 12.8. The van der Waals surface area contributed by atoms with Crippen LogP contribution in [0.5, 0.6) is 0 Å². The highest BCUT2D eigenvalue weighted by atomic mass is 15.3. The van der Waals surface area contributed by atoms with Crippen molar-refractivity contribution < 1.29 is 0 Å². The minimum atomic E-state index is 0.805. The van der Waals surface area contributed by atoms with E-state index in [1.54, 1.807) is 5.56 Å². The van der Waals surface area contributed by atoms with Gasteiger partial charge in [-0.25, -0.2) is 0 Å². The van der Waals surface area contributed by atoms with E-state index in [1.807, 2.05) is 0 Å². The molecule has 2 saturated carbocycles. The molecule has 0 spiro atoms. The number of rotatable bonds is 4. The molecule has 4 aliphatic rings. The molecule has 0 N–H and O–H groups in total. The number of fused-ring (bicyclic) bond motifs is 2. The van der Waals surface area contributed by atoms with Gasteiger partial charge in [-0.05, 0) is 67.8 Å². The van der Waals surface area contributed by atoms with E-state index in [0.29, 0.717) is 0 Å². The van der Waals surface area contributed by atoms with Crippen LogP contribution in [0.15, 0.2) is 42.5 Å². The average molecular weight is 351 g/mol. The maximum absolute atomic E-state index is 2.82. The fourth-order valence-corrected chi connectivity index (χ4v) is 6.25. The molecule has 0 radical (unpaired) electrons. The van der Waals surface area contributed by atoms with Gasteiger partial charge >= 0.3 is 0 Å². The largest absolute Gasteiger partial charge is 0.300 e. The van der Waals surface area contributed by atoms with E-state index in [0.717, 1.165) is 29.7 Å². The van der Waals surface area contributed by atoms with Crippen molar-refractivity contribution in [1.29, 1.82) is 0 Å². The van der Waals surface area contributed by atoms with Crippen LogP contribution in [-0.4, -0.2) is 48.6 Å². The summed E-state index contributed by atoms with van der Waals surface area (Å²) in [6.45, 7) is 6.57. The zero-order valence-corrected chi connectivity index (χ0v) is 16.1. The number of benzene rings is 1. The van der Waals surface area contributed by atoms with Gasteiger partial charge in [0, 0.05) is 38.8 Å². The highest BCUT2D eigenvalue weighted by Gasteiger charge is 2.37. The topological polar surface area (TPSA) is 6.48 Å². The van der Waals surface area contributed by atoms with Gasteiger partial charge in [0.1, 0.15) is 0 Å². The monoisotopic (exact) mass is 350 g/mol. The van der Waals surface area contributed by atoms with E-state index in [4.69, 9.17) is 0 Å². The molecule has 2 heteroatoms. The lowest BCUT2D eigenvalue weighted by Crippen LogP contribution is -2.52. The second kappa shape index (κ2) is 7.48. The summed E-state index contributed by atoms with van der Waals surface area (Å²) in [6, 6.07) is 12.0. The van der Waals surface area contributed by atoms with Gasteiger partial charge in [-0.3, -0.25) is 4.90 Å². The summed E-state index contributed by atoms with van der Waals surface area (Å²) in [5, 5.41) is 0. The SMILES string of the molecule is C1=C[C@@H]2C[C@H]1C[C@@H]2CN1CCN(C2CCC(c3ccccc3)CC2)CC1. The van der Waals surface area contributed by atoms with Crippen molar-refractivity contribution in [3.8, 4) is 0 Å². The van der Waals surface area contributed by atoms with Crippen LogP contribution in [0, 0.1) is 17.8 Å². The molecule has 1 heterocycles. The summed E-state index contributed by atoms with van der Waals surface area (Å²) in [4.78, 5) is 5.59. The first-order valence-corrected chi connectivity index (χ1v) is 11.0. The molecule has 2 bridgehead atoms. The number of hydrogen-bond donors (Lipinski definition) is 0. The van der Waals surface area contributed by atoms with Crippen LogP contribution in [0.1, 0.15) is 50.0 Å². The number of nitrogens with zero attached hydrogens (tertiary/aromatic N) is 2. The van der Waals surface area contributed by atoms with Gasteiger partial charge in [-0.15, -0.1) is 0 Å². The Labute approximate surface area is 159 Å². The molecule has 140 valence electrons. The van der Waals surface area contributed by atoms with Gasteiger partial charge in [0.15, 0.2) is 0 Å². The van der Waals surface area contributed by atoms with Crippen LogP contribution in [0.4, 0.5) is 0 Å². The molecule has 3 fully saturated rings. The second-order valence-corrected chi connectivity index (χ2v) is 9.29. The Balaban J connectivity index is 1.07. The van der Waals surface area contributed by atoms with Crippen molar-refractivity contribution in [3.05, 3.63) is 48.0 Å². The Morgan fingerprint density at radius 2 is 1.58 bits per heavy atom. The lowest BCUT2D eigenvalue weighted by molar-refractivity contribution is 0.0661. The first-order valence-electron chi connectivity index (χ1n) is 11.0. The smallest absolute Gasteiger partial charge is 0.0113 e. The van der Waals surface area contributed by atoms with Gasteiger partial charge < -0.3 is 4.90 Å². The van der Waals surface area contributed by atoms with Crippen LogP contribution >= 0.6 is 0 Å². The van der Waals surface area contributed by atoms with Crippen LogP contribution < -0.4 is 0 Å². The van der Waals surface area contributed by atoms with Gasteiger partial charge in [0.05, 0.1) is 0 Å². The third-order valence-corrected chi connectivity index (χ3v) is 7.80. The minimum absolute atomic E-state index is 0.805. The van der Waals surface area contributed by atoms with Crippen LogP contribution in [0.25, 0.3) is 0 Å². The van der Waals surface area contributed by atoms with Crippen molar-refractivity contribution in [2.24, 2.45) is 17.8 Å². The first kappa shape index (κ1) is 17.0. The molecule has 1 saturated heterocycles. The lowest BCUT2D eigenvalue weighted by atomic mass is 9.81. The van der Waals surface area contributed by atoms with E-state index in [1.165, 1.54) is 71.2 Å². The van der Waals surface area contributed by atoms with Crippen LogP contribution in [0.2, 0.25) is 0 Å². The minimum Gasteiger partial charge on any atom is -0.300 e. The molecule has 26 heavy (non-hydrogen) atoms. The number of hydrogen-bond acceptors (Lipinski definition) is 2. The Morgan fingerprint density at radius 1 is 0.808 bits per heavy atom. The zero-order valence-electron chi connectivity index (χ0n) is 16.1. The van der Waals surface area contributed by atoms with E-state index in [2.05, 4.69) is 52.3 Å². The third kappa shape index (κ3) is 3.51. The zero-order chi connectivity index (χ0) is 17.3. The molecule has 5 rings (SSSR count). The van der Waals surface area contributed by atoms with Crippen molar-refractivity contribution in [2.75, 3.05) is 32.7 Å². The molecular weight excluding hydrogens is 316 g/mol. The quantitative estimate of drug-likeness (QED) is 0.736. The number of allylic oxidation sites excluding steroid dienone is 2. The predicted octanol–water partition coefficient (Wildman–Crippen LogP) is 4.54. The van der Waals surface area contributed by atoms with E-state index in [9.17, 15) is 0 Å². The van der Waals surface area contributed by atoms with Crippen molar-refractivity contribution in [3.63, 3.8) is 0 Å². The standard InChI is InChI=1S/C24H34N2/c1-2-4-20(5-3-1)21-8-10-24(11-9-21)26-14-12-25(13-15-26)18-23-17-19-6-7-22(23)16-19/h1-7,19,21-24H,8-18H2/t19-,21?,22+,23+,24?/m0/s1. The maximum Gasteiger partial charge on any atom is 0.0113 e. The molecule has 3 atom stereocenters. The normalized spacial score (nSPS) is 38.1. The van der Waals surface area contributed by atoms with Crippen molar-refractivity contribution in [1.82, 2.24) is 9.80 Å². The third-order valence-electron chi connectivity index (χ3n) is 7.80. The highest BCUT2D eigenvalue weighted by molar-refractivity contribution is 5.20. The summed E-state index contributed by atoms with van der Waals surface area (Å²) in [5.74, 6) is 3.59. The molecule has 2 nitrogen and oxygen atoms in total. The summed E-state index contributed by atoms with van der Waals surface area (Å²) >= 11 is 0. The molecule has 3 aliphatic carbocycles. The Bertz CT molecular complexity index is 608. The highest BCUT2D eigenvalue weighted by Crippen LogP contribution is 2.43. The molecule has 1 aliphatic heterocycles. The predicted molar refractivity (Wildman–Crippen MR) is 108 cm³/mol. The summed E-state index contributed by atoms with van der Waals surface area (Å²) in [5.41, 5.74) is 1.57. The molecule has 0 amide bonds. The van der Waals surface area contributed by atoms with E-state index < -0.39 is 0 Å². The molecule has 0 aromatic heterocycles. The van der Waals surface area contributed by atoms with Gasteiger partial charge in [-0.1, -0.05) is 42.5 Å². The Kier molecular flexibility index (Phi) is 4.89. The second-order valence-electron chi connectivity index (χ2n) is 9.29. The Morgan fingerprint density at radius 3 is 2.23 bits per heavy atom. The summed E-state index contributed by atoms with van der Waals surface area (Å²) in [7, 11) is 0. The molecule has 1 aromatic carbocycles. The van der Waals surface area contributed by atoms with Gasteiger partial charge in [0.25, 0.3) is 0 Å². The van der Waals surface area contributed by atoms with Crippen molar-refractivity contribution >= 4 is 0 Å². The molecular formula is C24H34N2.